The predicted octanol–water partition coefficient (Wildman–Crippen LogP) is 7.72. The maximum absolute atomic E-state index is 12.6. The third-order valence-electron chi connectivity index (χ3n) is 4.92. The standard InChI is InChI=1S/C27H21ClINO4S/c1-2-33-27(32)24-25(31)23(35-26(24)30-20-6-4-3-5-7-20)15-18-10-13-22(21(29)14-18)34-16-17-8-11-19(28)12-9-17/h3-15,31H,2,16H2,1H3/b23-15-,30-26?. The summed E-state index contributed by atoms with van der Waals surface area (Å²) in [6.07, 6.45) is 1.82. The summed E-state index contributed by atoms with van der Waals surface area (Å²) in [5.41, 5.74) is 2.63. The number of thioether (sulfide) groups is 1. The molecule has 0 fully saturated rings. The second-order valence-corrected chi connectivity index (χ2v) is 10.0. The number of para-hydroxylation sites is 1. The molecule has 0 bridgehead atoms. The quantitative estimate of drug-likeness (QED) is 0.217. The number of carbonyl (C=O) groups is 1. The lowest BCUT2D eigenvalue weighted by Crippen LogP contribution is -2.12. The number of ether oxygens (including phenoxy) is 2. The van der Waals surface area contributed by atoms with Gasteiger partial charge in [-0.2, -0.15) is 0 Å². The Morgan fingerprint density at radius 3 is 2.54 bits per heavy atom. The molecule has 0 atom stereocenters. The number of esters is 1. The number of hydrogen-bond acceptors (Lipinski definition) is 6. The van der Waals surface area contributed by atoms with Gasteiger partial charge in [0.15, 0.2) is 0 Å². The van der Waals surface area contributed by atoms with Crippen LogP contribution in [0.1, 0.15) is 18.1 Å². The first-order valence-electron chi connectivity index (χ1n) is 10.8. The molecule has 0 spiro atoms. The van der Waals surface area contributed by atoms with E-state index in [1.165, 1.54) is 11.8 Å². The highest BCUT2D eigenvalue weighted by Gasteiger charge is 2.33. The van der Waals surface area contributed by atoms with E-state index in [-0.39, 0.29) is 17.9 Å². The first-order valence-corrected chi connectivity index (χ1v) is 13.0. The van der Waals surface area contributed by atoms with Gasteiger partial charge in [-0.05, 0) is 83.1 Å². The maximum atomic E-state index is 12.6. The largest absolute Gasteiger partial charge is 0.506 e. The number of hydrogen-bond donors (Lipinski definition) is 1. The Labute approximate surface area is 226 Å². The molecule has 1 N–H and O–H groups in total. The van der Waals surface area contributed by atoms with Gasteiger partial charge >= 0.3 is 5.97 Å². The van der Waals surface area contributed by atoms with Gasteiger partial charge < -0.3 is 14.6 Å². The van der Waals surface area contributed by atoms with E-state index in [4.69, 9.17) is 21.1 Å². The normalized spacial score (nSPS) is 15.6. The average Bonchev–Trinajstić information content (AvgIpc) is 3.14. The van der Waals surface area contributed by atoms with Crippen molar-refractivity contribution in [2.75, 3.05) is 6.61 Å². The van der Waals surface area contributed by atoms with Crippen molar-refractivity contribution in [2.24, 2.45) is 4.99 Å². The number of aliphatic hydroxyl groups excluding tert-OH is 1. The SMILES string of the molecule is CCOC(=O)C1=C(O)/C(=C/c2ccc(OCc3ccc(Cl)cc3)c(I)c2)SC1=Nc1ccccc1. The molecule has 178 valence electrons. The highest BCUT2D eigenvalue weighted by molar-refractivity contribution is 14.1. The van der Waals surface area contributed by atoms with Crippen LogP contribution in [0.15, 0.2) is 94.0 Å². The van der Waals surface area contributed by atoms with Gasteiger partial charge in [0.25, 0.3) is 0 Å². The second-order valence-electron chi connectivity index (χ2n) is 7.41. The zero-order chi connectivity index (χ0) is 24.8. The molecule has 0 unspecified atom stereocenters. The predicted molar refractivity (Wildman–Crippen MR) is 150 cm³/mol. The van der Waals surface area contributed by atoms with Gasteiger partial charge in [0.1, 0.15) is 28.7 Å². The van der Waals surface area contributed by atoms with Gasteiger partial charge in [0, 0.05) is 5.02 Å². The number of halogens is 2. The molecule has 0 radical (unpaired) electrons. The minimum Gasteiger partial charge on any atom is -0.506 e. The highest BCUT2D eigenvalue weighted by Crippen LogP contribution is 2.40. The Morgan fingerprint density at radius 1 is 1.11 bits per heavy atom. The third-order valence-corrected chi connectivity index (χ3v) is 7.03. The van der Waals surface area contributed by atoms with E-state index in [1.54, 1.807) is 6.92 Å². The number of nitrogens with zero attached hydrogens (tertiary/aromatic N) is 1. The van der Waals surface area contributed by atoms with E-state index in [1.807, 2.05) is 78.9 Å². The fourth-order valence-corrected chi connectivity index (χ4v) is 5.08. The summed E-state index contributed by atoms with van der Waals surface area (Å²) >= 11 is 9.39. The minimum atomic E-state index is -0.601. The summed E-state index contributed by atoms with van der Waals surface area (Å²) in [6.45, 7) is 2.35. The molecule has 1 aliphatic rings. The van der Waals surface area contributed by atoms with Crippen molar-refractivity contribution in [3.63, 3.8) is 0 Å². The van der Waals surface area contributed by atoms with Crippen LogP contribution in [0, 0.1) is 3.57 Å². The molecular weight excluding hydrogens is 597 g/mol. The van der Waals surface area contributed by atoms with E-state index in [0.717, 1.165) is 20.4 Å². The molecule has 8 heteroatoms. The Balaban J connectivity index is 1.58. The molecular formula is C27H21ClINO4S. The van der Waals surface area contributed by atoms with Gasteiger partial charge in [-0.25, -0.2) is 9.79 Å². The highest BCUT2D eigenvalue weighted by atomic mass is 127. The fraction of sp³-hybridized carbons (Fsp3) is 0.111. The summed E-state index contributed by atoms with van der Waals surface area (Å²) in [5.74, 6) is 0.0115. The molecule has 0 aromatic heterocycles. The molecule has 35 heavy (non-hydrogen) atoms. The molecule has 3 aromatic carbocycles. The van der Waals surface area contributed by atoms with Crippen molar-refractivity contribution in [2.45, 2.75) is 13.5 Å². The molecule has 4 rings (SSSR count). The van der Waals surface area contributed by atoms with Crippen LogP contribution in [0.4, 0.5) is 5.69 Å². The van der Waals surface area contributed by atoms with Crippen molar-refractivity contribution in [1.82, 2.24) is 0 Å². The van der Waals surface area contributed by atoms with Gasteiger partial charge in [-0.1, -0.05) is 59.8 Å². The molecule has 1 heterocycles. The van der Waals surface area contributed by atoms with Crippen LogP contribution in [-0.2, 0) is 16.1 Å². The number of rotatable bonds is 7. The zero-order valence-corrected chi connectivity index (χ0v) is 22.4. The number of aliphatic imine (C=N–C) groups is 1. The Kier molecular flexibility index (Phi) is 8.54. The van der Waals surface area contributed by atoms with Crippen molar-refractivity contribution in [3.8, 4) is 5.75 Å². The summed E-state index contributed by atoms with van der Waals surface area (Å²) in [7, 11) is 0. The topological polar surface area (TPSA) is 68.1 Å². The molecule has 0 saturated heterocycles. The van der Waals surface area contributed by atoms with Crippen molar-refractivity contribution < 1.29 is 19.4 Å². The minimum absolute atomic E-state index is 0.0737. The van der Waals surface area contributed by atoms with Crippen LogP contribution in [0.5, 0.6) is 5.75 Å². The fourth-order valence-electron chi connectivity index (χ4n) is 3.23. The van der Waals surface area contributed by atoms with Crippen LogP contribution in [0.3, 0.4) is 0 Å². The Bertz CT molecular complexity index is 1320. The van der Waals surface area contributed by atoms with Crippen LogP contribution >= 0.6 is 46.0 Å². The number of benzene rings is 3. The van der Waals surface area contributed by atoms with Gasteiger partial charge in [-0.15, -0.1) is 0 Å². The van der Waals surface area contributed by atoms with Crippen LogP contribution in [0.2, 0.25) is 5.02 Å². The first kappa shape index (κ1) is 25.3. The van der Waals surface area contributed by atoms with Crippen LogP contribution < -0.4 is 4.74 Å². The summed E-state index contributed by atoms with van der Waals surface area (Å²) < 4.78 is 12.0. The van der Waals surface area contributed by atoms with E-state index in [9.17, 15) is 9.90 Å². The van der Waals surface area contributed by atoms with Gasteiger partial charge in [0.2, 0.25) is 0 Å². The molecule has 0 amide bonds. The van der Waals surface area contributed by atoms with Crippen molar-refractivity contribution in [1.29, 1.82) is 0 Å². The lowest BCUT2D eigenvalue weighted by molar-refractivity contribution is -0.138. The lowest BCUT2D eigenvalue weighted by Gasteiger charge is -2.09. The maximum Gasteiger partial charge on any atom is 0.344 e. The Hall–Kier alpha value is -2.75. The molecule has 0 aliphatic carbocycles. The lowest BCUT2D eigenvalue weighted by atomic mass is 10.1. The second kappa shape index (κ2) is 11.8. The smallest absolute Gasteiger partial charge is 0.344 e. The zero-order valence-electron chi connectivity index (χ0n) is 18.7. The third kappa shape index (κ3) is 6.48. The van der Waals surface area contributed by atoms with E-state index in [2.05, 4.69) is 27.6 Å². The van der Waals surface area contributed by atoms with Crippen LogP contribution in [0.25, 0.3) is 6.08 Å². The molecule has 5 nitrogen and oxygen atoms in total. The molecule has 3 aromatic rings. The van der Waals surface area contributed by atoms with E-state index < -0.39 is 5.97 Å². The first-order chi connectivity index (χ1) is 16.9. The summed E-state index contributed by atoms with van der Waals surface area (Å²) in [5, 5.41) is 12.0. The van der Waals surface area contributed by atoms with Gasteiger partial charge in [0.05, 0.1) is 20.8 Å². The van der Waals surface area contributed by atoms with E-state index in [0.29, 0.717) is 27.3 Å². The number of carbonyl (C=O) groups excluding carboxylic acids is 1. The Morgan fingerprint density at radius 2 is 1.86 bits per heavy atom. The van der Waals surface area contributed by atoms with E-state index >= 15 is 0 Å². The monoisotopic (exact) mass is 617 g/mol. The van der Waals surface area contributed by atoms with Crippen molar-refractivity contribution >= 4 is 68.7 Å². The van der Waals surface area contributed by atoms with Crippen LogP contribution in [-0.4, -0.2) is 22.7 Å². The number of aliphatic hydroxyl groups is 1. The summed E-state index contributed by atoms with van der Waals surface area (Å²) in [6, 6.07) is 22.5. The molecule has 0 saturated carbocycles. The van der Waals surface area contributed by atoms with Gasteiger partial charge in [-0.3, -0.25) is 0 Å². The summed E-state index contributed by atoms with van der Waals surface area (Å²) in [4.78, 5) is 17.7. The van der Waals surface area contributed by atoms with Crippen molar-refractivity contribution in [3.05, 3.63) is 109 Å². The average molecular weight is 618 g/mol. The molecule has 1 aliphatic heterocycles.